The number of anilines is 1. The van der Waals surface area contributed by atoms with Crippen molar-refractivity contribution in [3.05, 3.63) is 40.6 Å². The van der Waals surface area contributed by atoms with Crippen LogP contribution in [0.4, 0.5) is 10.5 Å². The Labute approximate surface area is 128 Å². The Morgan fingerprint density at radius 2 is 1.82 bits per heavy atom. The lowest BCUT2D eigenvalue weighted by molar-refractivity contribution is 0.0636. The molecule has 0 fully saturated rings. The average molecular weight is 304 g/mol. The summed E-state index contributed by atoms with van der Waals surface area (Å²) in [5.41, 5.74) is 0.507. The lowest BCUT2D eigenvalue weighted by atomic mass is 10.2. The van der Waals surface area contributed by atoms with E-state index in [-0.39, 0.29) is 5.69 Å². The molecule has 118 valence electrons. The minimum absolute atomic E-state index is 0.217. The minimum atomic E-state index is -0.551. The molecule has 0 unspecified atom stereocenters. The summed E-state index contributed by atoms with van der Waals surface area (Å²) in [6, 6.07) is 6.89. The van der Waals surface area contributed by atoms with Gasteiger partial charge >= 0.3 is 11.8 Å². The number of ether oxygens (including phenoxy) is 1. The highest BCUT2D eigenvalue weighted by molar-refractivity contribution is 5.84. The zero-order valence-electron chi connectivity index (χ0n) is 13.4. The van der Waals surface area contributed by atoms with Crippen LogP contribution in [0, 0.1) is 6.92 Å². The van der Waals surface area contributed by atoms with Crippen LogP contribution in [0.25, 0.3) is 5.69 Å². The molecule has 0 saturated heterocycles. The van der Waals surface area contributed by atoms with Crippen molar-refractivity contribution >= 4 is 11.8 Å². The Hall–Kier alpha value is -2.57. The van der Waals surface area contributed by atoms with Crippen LogP contribution in [-0.4, -0.2) is 26.0 Å². The van der Waals surface area contributed by atoms with Crippen molar-refractivity contribution in [1.29, 1.82) is 0 Å². The number of nitrogens with zero attached hydrogens (tertiary/aromatic N) is 3. The molecule has 2 aromatic rings. The number of amides is 1. The number of carbonyl (C=O) groups is 1. The lowest BCUT2D eigenvalue weighted by Gasteiger charge is -2.19. The Kier molecular flexibility index (Phi) is 4.07. The quantitative estimate of drug-likeness (QED) is 0.923. The molecule has 0 saturated carbocycles. The molecule has 0 radical (unpaired) electrons. The van der Waals surface area contributed by atoms with Gasteiger partial charge in [0.05, 0.1) is 5.69 Å². The number of hydrogen-bond donors (Lipinski definition) is 1. The molecule has 7 heteroatoms. The number of aromatic nitrogens is 3. The predicted octanol–water partition coefficient (Wildman–Crippen LogP) is 2.23. The SMILES string of the molecule is Cc1nn(C)c(=O)n1-c1ccc(NC(=O)OC(C)(C)C)cc1. The molecule has 1 N–H and O–H groups in total. The van der Waals surface area contributed by atoms with E-state index < -0.39 is 11.7 Å². The van der Waals surface area contributed by atoms with Gasteiger partial charge in [0.15, 0.2) is 0 Å². The summed E-state index contributed by atoms with van der Waals surface area (Å²) in [7, 11) is 1.60. The Bertz CT molecular complexity index is 736. The maximum Gasteiger partial charge on any atom is 0.412 e. The first-order valence-electron chi connectivity index (χ1n) is 6.90. The number of rotatable bonds is 2. The van der Waals surface area contributed by atoms with Crippen LogP contribution < -0.4 is 11.0 Å². The van der Waals surface area contributed by atoms with Crippen LogP contribution in [0.3, 0.4) is 0 Å². The van der Waals surface area contributed by atoms with Crippen molar-refractivity contribution in [3.8, 4) is 5.69 Å². The summed E-state index contributed by atoms with van der Waals surface area (Å²) in [6.07, 6.45) is -0.519. The number of nitrogens with one attached hydrogen (secondary N) is 1. The second-order valence-corrected chi connectivity index (χ2v) is 5.96. The first kappa shape index (κ1) is 15.8. The van der Waals surface area contributed by atoms with Gasteiger partial charge < -0.3 is 4.74 Å². The van der Waals surface area contributed by atoms with E-state index >= 15 is 0 Å². The van der Waals surface area contributed by atoms with Crippen LogP contribution in [0.5, 0.6) is 0 Å². The normalized spacial score (nSPS) is 11.3. The molecule has 1 amide bonds. The fraction of sp³-hybridized carbons (Fsp3) is 0.400. The van der Waals surface area contributed by atoms with Gasteiger partial charge in [-0.3, -0.25) is 5.32 Å². The van der Waals surface area contributed by atoms with Gasteiger partial charge in [-0.15, -0.1) is 0 Å². The zero-order valence-corrected chi connectivity index (χ0v) is 13.4. The Morgan fingerprint density at radius 3 is 2.27 bits per heavy atom. The molecule has 1 heterocycles. The van der Waals surface area contributed by atoms with Crippen LogP contribution in [0.1, 0.15) is 26.6 Å². The second-order valence-electron chi connectivity index (χ2n) is 5.96. The first-order valence-corrected chi connectivity index (χ1v) is 6.90. The van der Waals surface area contributed by atoms with Crippen LogP contribution in [0.15, 0.2) is 29.1 Å². The molecule has 1 aromatic carbocycles. The van der Waals surface area contributed by atoms with Crippen molar-refractivity contribution in [1.82, 2.24) is 14.3 Å². The molecule has 7 nitrogen and oxygen atoms in total. The van der Waals surface area contributed by atoms with Crippen LogP contribution in [-0.2, 0) is 11.8 Å². The fourth-order valence-electron chi connectivity index (χ4n) is 2.00. The van der Waals surface area contributed by atoms with Crippen molar-refractivity contribution < 1.29 is 9.53 Å². The maximum absolute atomic E-state index is 12.0. The monoisotopic (exact) mass is 304 g/mol. The summed E-state index contributed by atoms with van der Waals surface area (Å²) < 4.78 is 7.96. The molecule has 0 aliphatic rings. The molecule has 0 bridgehead atoms. The third-order valence-corrected chi connectivity index (χ3v) is 2.86. The van der Waals surface area contributed by atoms with Crippen molar-refractivity contribution in [2.45, 2.75) is 33.3 Å². The first-order chi connectivity index (χ1) is 10.2. The third kappa shape index (κ3) is 3.55. The van der Waals surface area contributed by atoms with Crippen LogP contribution >= 0.6 is 0 Å². The number of benzene rings is 1. The van der Waals surface area contributed by atoms with Gasteiger partial charge in [0.2, 0.25) is 0 Å². The van der Waals surface area contributed by atoms with E-state index in [0.717, 1.165) is 0 Å². The molecular weight excluding hydrogens is 284 g/mol. The summed E-state index contributed by atoms with van der Waals surface area (Å²) in [5, 5.41) is 6.72. The minimum Gasteiger partial charge on any atom is -0.444 e. The van der Waals surface area contributed by atoms with Gasteiger partial charge in [-0.1, -0.05) is 0 Å². The maximum atomic E-state index is 12.0. The van der Waals surface area contributed by atoms with E-state index in [4.69, 9.17) is 4.74 Å². The molecule has 1 aromatic heterocycles. The van der Waals surface area contributed by atoms with Gasteiger partial charge in [-0.05, 0) is 52.0 Å². The molecule has 0 aliphatic heterocycles. The summed E-state index contributed by atoms with van der Waals surface area (Å²) >= 11 is 0. The van der Waals surface area contributed by atoms with E-state index in [9.17, 15) is 9.59 Å². The second kappa shape index (κ2) is 5.67. The third-order valence-electron chi connectivity index (χ3n) is 2.86. The van der Waals surface area contributed by atoms with Crippen molar-refractivity contribution in [3.63, 3.8) is 0 Å². The largest absolute Gasteiger partial charge is 0.444 e. The van der Waals surface area contributed by atoms with Gasteiger partial charge in [0, 0.05) is 12.7 Å². The lowest BCUT2D eigenvalue weighted by Crippen LogP contribution is -2.27. The van der Waals surface area contributed by atoms with Gasteiger partial charge in [-0.25, -0.2) is 18.8 Å². The summed E-state index contributed by atoms with van der Waals surface area (Å²) in [4.78, 5) is 23.7. The zero-order chi connectivity index (χ0) is 16.5. The summed E-state index contributed by atoms with van der Waals surface area (Å²) in [5.74, 6) is 0.598. The number of aryl methyl sites for hydroxylation is 2. The molecule has 0 atom stereocenters. The average Bonchev–Trinajstić information content (AvgIpc) is 2.62. The van der Waals surface area contributed by atoms with E-state index in [1.165, 1.54) is 9.25 Å². The van der Waals surface area contributed by atoms with Gasteiger partial charge in [0.1, 0.15) is 11.4 Å². The van der Waals surface area contributed by atoms with E-state index in [1.54, 1.807) is 59.0 Å². The number of hydrogen-bond acceptors (Lipinski definition) is 4. The van der Waals surface area contributed by atoms with Gasteiger partial charge in [0.25, 0.3) is 0 Å². The van der Waals surface area contributed by atoms with E-state index in [1.807, 2.05) is 0 Å². The fourth-order valence-corrected chi connectivity index (χ4v) is 2.00. The van der Waals surface area contributed by atoms with Crippen molar-refractivity contribution in [2.75, 3.05) is 5.32 Å². The highest BCUT2D eigenvalue weighted by atomic mass is 16.6. The van der Waals surface area contributed by atoms with Gasteiger partial charge in [-0.2, -0.15) is 5.10 Å². The van der Waals surface area contributed by atoms with Crippen molar-refractivity contribution in [2.24, 2.45) is 7.05 Å². The highest BCUT2D eigenvalue weighted by Crippen LogP contribution is 2.15. The van der Waals surface area contributed by atoms with E-state index in [0.29, 0.717) is 17.2 Å². The van der Waals surface area contributed by atoms with Crippen LogP contribution in [0.2, 0.25) is 0 Å². The topological polar surface area (TPSA) is 78.2 Å². The smallest absolute Gasteiger partial charge is 0.412 e. The molecular formula is C15H20N4O3. The highest BCUT2D eigenvalue weighted by Gasteiger charge is 2.16. The Balaban J connectivity index is 2.17. The summed E-state index contributed by atoms with van der Waals surface area (Å²) in [6.45, 7) is 7.15. The molecule has 22 heavy (non-hydrogen) atoms. The van der Waals surface area contributed by atoms with E-state index in [2.05, 4.69) is 10.4 Å². The standard InChI is InChI=1S/C15H20N4O3/c1-10-17-18(5)14(21)19(10)12-8-6-11(7-9-12)16-13(20)22-15(2,3)4/h6-9H,1-5H3,(H,16,20). The molecule has 2 rings (SSSR count). The molecule has 0 spiro atoms. The predicted molar refractivity (Wildman–Crippen MR) is 83.4 cm³/mol. The molecule has 0 aliphatic carbocycles. The Morgan fingerprint density at radius 1 is 1.23 bits per heavy atom. The number of carbonyl (C=O) groups excluding carboxylic acids is 1.